The molecule has 0 saturated carbocycles. The lowest BCUT2D eigenvalue weighted by atomic mass is 9.95. The van der Waals surface area contributed by atoms with Crippen LogP contribution in [0.25, 0.3) is 0 Å². The molecule has 0 bridgehead atoms. The van der Waals surface area contributed by atoms with Crippen LogP contribution in [-0.2, 0) is 42.6 Å². The summed E-state index contributed by atoms with van der Waals surface area (Å²) in [5, 5.41) is 167. The molecule has 5 saturated heterocycles. The molecule has 0 aliphatic carbocycles. The highest BCUT2D eigenvalue weighted by Gasteiger charge is 2.56. The minimum Gasteiger partial charge on any atom is -0.394 e. The smallest absolute Gasteiger partial charge is 0.187 e. The Morgan fingerprint density at radius 1 is 0.327 bits per heavy atom. The van der Waals surface area contributed by atoms with Gasteiger partial charge in [0, 0.05) is 0 Å². The zero-order chi connectivity index (χ0) is 40.6. The lowest BCUT2D eigenvalue weighted by Gasteiger charge is -2.49. The highest BCUT2D eigenvalue weighted by Crippen LogP contribution is 2.36. The average molecular weight is 813 g/mol. The highest BCUT2D eigenvalue weighted by atomic mass is 16.8. The molecule has 25 heteroatoms. The molecule has 10 unspecified atom stereocenters. The average Bonchev–Trinajstić information content (AvgIpc) is 3.17. The fraction of sp³-hybridized carbons (Fsp3) is 1.00. The first-order chi connectivity index (χ1) is 26.0. The Labute approximate surface area is 311 Å². The predicted octanol–water partition coefficient (Wildman–Crippen LogP) is -10.9. The van der Waals surface area contributed by atoms with Crippen LogP contribution in [0.15, 0.2) is 0 Å². The highest BCUT2D eigenvalue weighted by molar-refractivity contribution is 4.98. The van der Waals surface area contributed by atoms with Crippen LogP contribution in [0.2, 0.25) is 0 Å². The normalized spacial score (nSPS) is 53.9. The van der Waals surface area contributed by atoms with Crippen LogP contribution < -0.4 is 0 Å². The van der Waals surface area contributed by atoms with Gasteiger partial charge >= 0.3 is 0 Å². The second-order valence-corrected chi connectivity index (χ2v) is 13.9. The molecule has 5 rings (SSSR count). The van der Waals surface area contributed by atoms with Crippen LogP contribution in [-0.4, -0.2) is 262 Å². The molecule has 0 aromatic heterocycles. The molecule has 55 heavy (non-hydrogen) atoms. The fourth-order valence-corrected chi connectivity index (χ4v) is 6.93. The van der Waals surface area contributed by atoms with Gasteiger partial charge in [-0.05, 0) is 6.92 Å². The van der Waals surface area contributed by atoms with Gasteiger partial charge in [0.25, 0.3) is 0 Å². The van der Waals surface area contributed by atoms with Gasteiger partial charge in [0.05, 0.1) is 32.5 Å². The molecule has 0 amide bonds. The predicted molar refractivity (Wildman–Crippen MR) is 165 cm³/mol. The lowest BCUT2D eigenvalue weighted by molar-refractivity contribution is -0.399. The summed E-state index contributed by atoms with van der Waals surface area (Å²) in [5.41, 5.74) is 0. The summed E-state index contributed by atoms with van der Waals surface area (Å²) in [4.78, 5) is 0. The van der Waals surface area contributed by atoms with Crippen molar-refractivity contribution in [3.05, 3.63) is 0 Å². The van der Waals surface area contributed by atoms with Crippen molar-refractivity contribution in [2.75, 3.05) is 26.4 Å². The van der Waals surface area contributed by atoms with Crippen molar-refractivity contribution in [1.82, 2.24) is 0 Å². The van der Waals surface area contributed by atoms with Crippen LogP contribution >= 0.6 is 0 Å². The van der Waals surface area contributed by atoms with Gasteiger partial charge < -0.3 is 124 Å². The number of aliphatic hydroxyl groups excluding tert-OH is 16. The summed E-state index contributed by atoms with van der Waals surface area (Å²) < 4.78 is 49.6. The largest absolute Gasteiger partial charge is 0.394 e. The zero-order valence-corrected chi connectivity index (χ0v) is 29.1. The Bertz CT molecular complexity index is 1190. The second kappa shape index (κ2) is 18.9. The third-order valence-corrected chi connectivity index (χ3v) is 10.3. The molecule has 25 atom stereocenters. The molecular formula is C30H52O25. The molecule has 5 aliphatic rings. The number of ether oxygens (including phenoxy) is 9. The van der Waals surface area contributed by atoms with Gasteiger partial charge in [-0.3, -0.25) is 0 Å². The molecule has 5 heterocycles. The summed E-state index contributed by atoms with van der Waals surface area (Å²) in [6.07, 6.45) is -45.6. The maximum absolute atomic E-state index is 11.4. The second-order valence-electron chi connectivity index (χ2n) is 13.9. The summed E-state index contributed by atoms with van der Waals surface area (Å²) in [6, 6.07) is 0. The van der Waals surface area contributed by atoms with Crippen molar-refractivity contribution in [3.63, 3.8) is 0 Å². The van der Waals surface area contributed by atoms with Gasteiger partial charge in [-0.1, -0.05) is 0 Å². The quantitative estimate of drug-likeness (QED) is 0.0870. The van der Waals surface area contributed by atoms with Crippen molar-refractivity contribution in [3.8, 4) is 0 Å². The van der Waals surface area contributed by atoms with E-state index >= 15 is 0 Å². The molecule has 5 aliphatic heterocycles. The third-order valence-electron chi connectivity index (χ3n) is 10.3. The van der Waals surface area contributed by atoms with Crippen LogP contribution in [0, 0.1) is 0 Å². The van der Waals surface area contributed by atoms with E-state index in [2.05, 4.69) is 0 Å². The zero-order valence-electron chi connectivity index (χ0n) is 29.1. The van der Waals surface area contributed by atoms with Crippen molar-refractivity contribution < 1.29 is 124 Å². The van der Waals surface area contributed by atoms with Crippen LogP contribution in [0.3, 0.4) is 0 Å². The summed E-state index contributed by atoms with van der Waals surface area (Å²) in [6.45, 7) is -2.23. The van der Waals surface area contributed by atoms with Crippen LogP contribution in [0.5, 0.6) is 0 Å². The lowest BCUT2D eigenvalue weighted by Crippen LogP contribution is -2.68. The van der Waals surface area contributed by atoms with E-state index in [1.807, 2.05) is 0 Å². The molecule has 0 radical (unpaired) electrons. The standard InChI is InChI=1S/C30H52O25/c1-6-11(35)22(20(44)28(47-6)53-23-14(38)9(4-33)48-26(46)19(23)43)52-29-21(45)24(15(39)10(5-34)50-29)54-30-25(17(41)13(37)8(3-32)51-30)55-27-18(42)16(40)12(36)7(2-31)49-27/h6-46H,2-5H2,1H3/t6?,7?,8?,9?,10?,11-,12+,13+,14+,15+,16-,17-,18?,19-,20-,21?,22?,23-,24-,25?,26?,27+,28-,29-,30-/m0/s1. The first-order valence-electron chi connectivity index (χ1n) is 17.5. The van der Waals surface area contributed by atoms with Crippen molar-refractivity contribution in [2.24, 2.45) is 0 Å². The monoisotopic (exact) mass is 812 g/mol. The molecule has 25 nitrogen and oxygen atoms in total. The van der Waals surface area contributed by atoms with Crippen LogP contribution in [0.4, 0.5) is 0 Å². The molecule has 0 spiro atoms. The van der Waals surface area contributed by atoms with Gasteiger partial charge in [-0.25, -0.2) is 0 Å². The van der Waals surface area contributed by atoms with Crippen molar-refractivity contribution in [2.45, 2.75) is 160 Å². The molecule has 0 aromatic rings. The fourth-order valence-electron chi connectivity index (χ4n) is 6.93. The van der Waals surface area contributed by atoms with Crippen molar-refractivity contribution in [1.29, 1.82) is 0 Å². The van der Waals surface area contributed by atoms with Crippen LogP contribution in [0.1, 0.15) is 6.92 Å². The van der Waals surface area contributed by atoms with E-state index in [0.717, 1.165) is 0 Å². The van der Waals surface area contributed by atoms with Gasteiger partial charge in [-0.15, -0.1) is 0 Å². The number of rotatable bonds is 12. The molecule has 0 aromatic carbocycles. The Morgan fingerprint density at radius 2 is 0.691 bits per heavy atom. The summed E-state index contributed by atoms with van der Waals surface area (Å²) >= 11 is 0. The maximum atomic E-state index is 11.4. The Hall–Kier alpha value is -1.00. The van der Waals surface area contributed by atoms with Gasteiger partial charge in [0.15, 0.2) is 31.5 Å². The number of hydrogen-bond donors (Lipinski definition) is 16. The van der Waals surface area contributed by atoms with Crippen molar-refractivity contribution >= 4 is 0 Å². The van der Waals surface area contributed by atoms with E-state index in [1.54, 1.807) is 0 Å². The Kier molecular flexibility index (Phi) is 15.5. The topological polar surface area (TPSA) is 407 Å². The SMILES string of the molecule is CC1O[C@@H](O[C@@H]2[C@H](O)C(O)OC(CO)[C@H]2O)[C@@H](O)C(O[C@@H]2OC(CO)[C@@H](O)[C@H](O[C@@H]3OC(CO)[C@@H](O)[C@H](O)C3O[C@H]3OC(CO)[C@@H](O)[C@H](O)C3O)C2O)[C@H]1O. The molecule has 322 valence electrons. The number of aliphatic hydroxyl groups is 16. The molecule has 5 fully saturated rings. The summed E-state index contributed by atoms with van der Waals surface area (Å²) in [5.74, 6) is 0. The first kappa shape index (κ1) is 45.1. The minimum absolute atomic E-state index is 0.801. The minimum atomic E-state index is -2.14. The first-order valence-corrected chi connectivity index (χ1v) is 17.5. The maximum Gasteiger partial charge on any atom is 0.187 e. The van der Waals surface area contributed by atoms with E-state index in [-0.39, 0.29) is 0 Å². The van der Waals surface area contributed by atoms with E-state index in [4.69, 9.17) is 42.6 Å². The molecule has 16 N–H and O–H groups in total. The van der Waals surface area contributed by atoms with E-state index in [0.29, 0.717) is 0 Å². The Morgan fingerprint density at radius 3 is 1.22 bits per heavy atom. The summed E-state index contributed by atoms with van der Waals surface area (Å²) in [7, 11) is 0. The molecular weight excluding hydrogens is 760 g/mol. The van der Waals surface area contributed by atoms with E-state index < -0.39 is 180 Å². The third kappa shape index (κ3) is 9.11. The van der Waals surface area contributed by atoms with Gasteiger partial charge in [-0.2, -0.15) is 0 Å². The van der Waals surface area contributed by atoms with Gasteiger partial charge in [0.1, 0.15) is 116 Å². The van der Waals surface area contributed by atoms with E-state index in [1.165, 1.54) is 6.92 Å². The van der Waals surface area contributed by atoms with Gasteiger partial charge in [0.2, 0.25) is 0 Å². The number of hydrogen-bond acceptors (Lipinski definition) is 25. The Balaban J connectivity index is 1.36. The van der Waals surface area contributed by atoms with E-state index in [9.17, 15) is 81.7 Å².